The molecule has 0 aromatic heterocycles. The summed E-state index contributed by atoms with van der Waals surface area (Å²) < 4.78 is 4.84. The van der Waals surface area contributed by atoms with Crippen LogP contribution in [0.3, 0.4) is 0 Å². The van der Waals surface area contributed by atoms with Gasteiger partial charge in [0.05, 0.1) is 7.11 Å². The van der Waals surface area contributed by atoms with Crippen LogP contribution < -0.4 is 5.32 Å². The predicted molar refractivity (Wildman–Crippen MR) is 71.7 cm³/mol. The van der Waals surface area contributed by atoms with E-state index in [1.807, 2.05) is 11.8 Å². The minimum atomic E-state index is -0.459. The Balaban J connectivity index is 2.13. The summed E-state index contributed by atoms with van der Waals surface area (Å²) in [5, 5.41) is 12.6. The van der Waals surface area contributed by atoms with Gasteiger partial charge in [-0.15, -0.1) is 0 Å². The van der Waals surface area contributed by atoms with Gasteiger partial charge in [0.15, 0.2) is 0 Å². The maximum Gasteiger partial charge on any atom is 0.327 e. The number of aromatic hydroxyl groups is 1. The van der Waals surface area contributed by atoms with E-state index in [9.17, 15) is 9.90 Å². The van der Waals surface area contributed by atoms with Gasteiger partial charge < -0.3 is 9.84 Å². The molecule has 2 rings (SSSR count). The van der Waals surface area contributed by atoms with Crippen molar-refractivity contribution in [3.63, 3.8) is 0 Å². The molecular formula is C13H17NO3S. The number of nitrogens with one attached hydrogen (secondary N) is 1. The second kappa shape index (κ2) is 6.11. The lowest BCUT2D eigenvalue weighted by molar-refractivity contribution is -0.143. The Bertz CT molecular complexity index is 401. The number of ether oxygens (including phenoxy) is 1. The van der Waals surface area contributed by atoms with Crippen LogP contribution in [0.4, 0.5) is 0 Å². The number of carbonyl (C=O) groups excluding carboxylic acids is 1. The van der Waals surface area contributed by atoms with Crippen molar-refractivity contribution in [3.8, 4) is 5.75 Å². The monoisotopic (exact) mass is 267 g/mol. The lowest BCUT2D eigenvalue weighted by atomic mass is 10.1. The van der Waals surface area contributed by atoms with Crippen LogP contribution in [0.15, 0.2) is 24.3 Å². The van der Waals surface area contributed by atoms with Gasteiger partial charge in [0, 0.05) is 11.8 Å². The van der Waals surface area contributed by atoms with Crippen molar-refractivity contribution in [2.24, 2.45) is 0 Å². The molecule has 1 heterocycles. The molecule has 0 radical (unpaired) electrons. The van der Waals surface area contributed by atoms with Gasteiger partial charge in [-0.1, -0.05) is 12.1 Å². The first-order chi connectivity index (χ1) is 8.70. The lowest BCUT2D eigenvalue weighted by Gasteiger charge is -2.20. The largest absolute Gasteiger partial charge is 0.508 e. The van der Waals surface area contributed by atoms with Gasteiger partial charge in [-0.2, -0.15) is 11.8 Å². The van der Waals surface area contributed by atoms with E-state index in [1.165, 1.54) is 7.11 Å². The average molecular weight is 267 g/mol. The molecule has 0 unspecified atom stereocenters. The van der Waals surface area contributed by atoms with Crippen LogP contribution in [0.1, 0.15) is 18.0 Å². The Morgan fingerprint density at radius 2 is 2.22 bits per heavy atom. The number of methoxy groups -OCH3 is 1. The summed E-state index contributed by atoms with van der Waals surface area (Å²) in [6.07, 6.45) is 1.07. The van der Waals surface area contributed by atoms with Crippen molar-refractivity contribution in [2.75, 3.05) is 18.6 Å². The molecule has 18 heavy (non-hydrogen) atoms. The summed E-state index contributed by atoms with van der Waals surface area (Å²) in [5.74, 6) is 2.04. The van der Waals surface area contributed by atoms with Gasteiger partial charge in [-0.3, -0.25) is 5.32 Å². The summed E-state index contributed by atoms with van der Waals surface area (Å²) in [4.78, 5) is 11.8. The van der Waals surface area contributed by atoms with E-state index in [1.54, 1.807) is 24.3 Å². The number of thioether (sulfide) groups is 1. The first-order valence-corrected chi connectivity index (χ1v) is 7.06. The molecule has 0 aliphatic carbocycles. The molecule has 2 atom stereocenters. The quantitative estimate of drug-likeness (QED) is 0.813. The number of phenols is 1. The number of hydrogen-bond acceptors (Lipinski definition) is 5. The van der Waals surface area contributed by atoms with Crippen LogP contribution in [0.2, 0.25) is 0 Å². The number of esters is 1. The zero-order valence-corrected chi connectivity index (χ0v) is 11.1. The Hall–Kier alpha value is -1.20. The molecule has 4 nitrogen and oxygen atoms in total. The molecule has 1 saturated heterocycles. The van der Waals surface area contributed by atoms with Crippen LogP contribution >= 0.6 is 11.8 Å². The standard InChI is InChI=1S/C13H17NO3S/c1-17-13(16)12(14-10-6-7-18-8-10)9-2-4-11(15)5-3-9/h2-5,10,12,14-15H,6-8H2,1H3/t10-,12+/m0/s1. The topological polar surface area (TPSA) is 58.6 Å². The summed E-state index contributed by atoms with van der Waals surface area (Å²) in [7, 11) is 1.39. The molecular weight excluding hydrogens is 250 g/mol. The first-order valence-electron chi connectivity index (χ1n) is 5.91. The van der Waals surface area contributed by atoms with E-state index >= 15 is 0 Å². The SMILES string of the molecule is COC(=O)[C@H](N[C@H]1CCSC1)c1ccc(O)cc1. The second-order valence-corrected chi connectivity index (χ2v) is 5.42. The van der Waals surface area contributed by atoms with Gasteiger partial charge in [0.1, 0.15) is 11.8 Å². The molecule has 1 aromatic carbocycles. The molecule has 2 N–H and O–H groups in total. The predicted octanol–water partition coefficient (Wildman–Crippen LogP) is 1.70. The second-order valence-electron chi connectivity index (χ2n) is 4.27. The van der Waals surface area contributed by atoms with E-state index in [2.05, 4.69) is 5.32 Å². The number of phenolic OH excluding ortho intramolecular Hbond substituents is 1. The molecule has 0 bridgehead atoms. The zero-order valence-electron chi connectivity index (χ0n) is 10.3. The van der Waals surface area contributed by atoms with Crippen molar-refractivity contribution in [2.45, 2.75) is 18.5 Å². The summed E-state index contributed by atoms with van der Waals surface area (Å²) in [6.45, 7) is 0. The van der Waals surface area contributed by atoms with Crippen LogP contribution in [-0.2, 0) is 9.53 Å². The van der Waals surface area contributed by atoms with Gasteiger partial charge in [-0.25, -0.2) is 4.79 Å². The van der Waals surface area contributed by atoms with E-state index < -0.39 is 6.04 Å². The average Bonchev–Trinajstić information content (AvgIpc) is 2.89. The van der Waals surface area contributed by atoms with Gasteiger partial charge in [0.25, 0.3) is 0 Å². The lowest BCUT2D eigenvalue weighted by Crippen LogP contribution is -2.37. The third-order valence-electron chi connectivity index (χ3n) is 3.00. The highest BCUT2D eigenvalue weighted by atomic mass is 32.2. The van der Waals surface area contributed by atoms with E-state index in [0.717, 1.165) is 23.5 Å². The zero-order chi connectivity index (χ0) is 13.0. The summed E-state index contributed by atoms with van der Waals surface area (Å²) in [6, 6.07) is 6.53. The third kappa shape index (κ3) is 3.17. The van der Waals surface area contributed by atoms with E-state index in [0.29, 0.717) is 6.04 Å². The summed E-state index contributed by atoms with van der Waals surface area (Å²) >= 11 is 1.89. The molecule has 1 aliphatic rings. The highest BCUT2D eigenvalue weighted by Crippen LogP contribution is 2.23. The van der Waals surface area contributed by atoms with Gasteiger partial charge >= 0.3 is 5.97 Å². The number of hydrogen-bond donors (Lipinski definition) is 2. The van der Waals surface area contributed by atoms with Crippen molar-refractivity contribution in [1.82, 2.24) is 5.32 Å². The highest BCUT2D eigenvalue weighted by molar-refractivity contribution is 7.99. The minimum absolute atomic E-state index is 0.193. The van der Waals surface area contributed by atoms with Crippen LogP contribution in [0.25, 0.3) is 0 Å². The normalized spacial score (nSPS) is 20.6. The molecule has 1 aromatic rings. The Labute approximate surface area is 111 Å². The van der Waals surface area contributed by atoms with Crippen molar-refractivity contribution in [1.29, 1.82) is 0 Å². The first kappa shape index (κ1) is 13.2. The van der Waals surface area contributed by atoms with Gasteiger partial charge in [-0.05, 0) is 29.9 Å². The van der Waals surface area contributed by atoms with Gasteiger partial charge in [0.2, 0.25) is 0 Å². The van der Waals surface area contributed by atoms with Crippen molar-refractivity contribution in [3.05, 3.63) is 29.8 Å². The molecule has 5 heteroatoms. The smallest absolute Gasteiger partial charge is 0.327 e. The van der Waals surface area contributed by atoms with Crippen LogP contribution in [0.5, 0.6) is 5.75 Å². The van der Waals surface area contributed by atoms with Crippen LogP contribution in [-0.4, -0.2) is 35.7 Å². The number of rotatable bonds is 4. The van der Waals surface area contributed by atoms with E-state index in [-0.39, 0.29) is 11.7 Å². The molecule has 0 amide bonds. The Morgan fingerprint density at radius 1 is 1.50 bits per heavy atom. The molecule has 0 saturated carbocycles. The minimum Gasteiger partial charge on any atom is -0.508 e. The Morgan fingerprint density at radius 3 is 2.78 bits per heavy atom. The molecule has 1 aliphatic heterocycles. The molecule has 1 fully saturated rings. The molecule has 98 valence electrons. The fourth-order valence-electron chi connectivity index (χ4n) is 1.99. The maximum absolute atomic E-state index is 11.8. The number of benzene rings is 1. The molecule has 0 spiro atoms. The highest BCUT2D eigenvalue weighted by Gasteiger charge is 2.26. The fourth-order valence-corrected chi connectivity index (χ4v) is 3.15. The maximum atomic E-state index is 11.8. The fraction of sp³-hybridized carbons (Fsp3) is 0.462. The number of carbonyl (C=O) groups is 1. The van der Waals surface area contributed by atoms with Crippen molar-refractivity contribution >= 4 is 17.7 Å². The van der Waals surface area contributed by atoms with Crippen molar-refractivity contribution < 1.29 is 14.6 Å². The summed E-state index contributed by atoms with van der Waals surface area (Å²) in [5.41, 5.74) is 0.816. The third-order valence-corrected chi connectivity index (χ3v) is 4.16. The Kier molecular flexibility index (Phi) is 4.49. The van der Waals surface area contributed by atoms with E-state index in [4.69, 9.17) is 4.74 Å². The van der Waals surface area contributed by atoms with Crippen LogP contribution in [0, 0.1) is 0 Å².